The number of morpholine rings is 1. The van der Waals surface area contributed by atoms with Crippen LogP contribution in [0.3, 0.4) is 0 Å². The maximum Gasteiger partial charge on any atom is 0.243 e. The third-order valence-electron chi connectivity index (χ3n) is 6.42. The first-order valence-corrected chi connectivity index (χ1v) is 13.2. The molecule has 186 valence electrons. The molecular formula is C26H32N4O4S. The molecule has 3 aromatic rings. The highest BCUT2D eigenvalue weighted by Gasteiger charge is 2.26. The number of rotatable bonds is 8. The van der Waals surface area contributed by atoms with Gasteiger partial charge >= 0.3 is 0 Å². The van der Waals surface area contributed by atoms with Crippen molar-refractivity contribution in [1.82, 2.24) is 19.0 Å². The van der Waals surface area contributed by atoms with E-state index in [1.54, 1.807) is 36.2 Å². The minimum absolute atomic E-state index is 0.0290. The molecule has 2 aromatic carbocycles. The SMILES string of the molecule is Cc1nn(-c2ccccc2)c(C)c1CN(C)C(=O)CCc1ccc(S(=O)(=O)N2CCOCC2)cc1. The highest BCUT2D eigenvalue weighted by Crippen LogP contribution is 2.21. The molecule has 0 unspecified atom stereocenters. The molecule has 0 aliphatic carbocycles. The van der Waals surface area contributed by atoms with Crippen LogP contribution >= 0.6 is 0 Å². The predicted molar refractivity (Wildman–Crippen MR) is 134 cm³/mol. The highest BCUT2D eigenvalue weighted by molar-refractivity contribution is 7.89. The minimum atomic E-state index is -3.51. The maximum absolute atomic E-state index is 12.8. The summed E-state index contributed by atoms with van der Waals surface area (Å²) >= 11 is 0. The first-order valence-electron chi connectivity index (χ1n) is 11.8. The summed E-state index contributed by atoms with van der Waals surface area (Å²) in [5.74, 6) is 0.0290. The molecule has 0 atom stereocenters. The van der Waals surface area contributed by atoms with Crippen LogP contribution in [-0.4, -0.2) is 66.7 Å². The molecule has 0 spiro atoms. The molecule has 1 aromatic heterocycles. The monoisotopic (exact) mass is 496 g/mol. The summed E-state index contributed by atoms with van der Waals surface area (Å²) in [6, 6.07) is 16.8. The van der Waals surface area contributed by atoms with E-state index in [1.807, 2.05) is 48.9 Å². The fraction of sp³-hybridized carbons (Fsp3) is 0.385. The van der Waals surface area contributed by atoms with Gasteiger partial charge < -0.3 is 9.64 Å². The average Bonchev–Trinajstić information content (AvgIpc) is 3.16. The van der Waals surface area contributed by atoms with E-state index in [0.29, 0.717) is 45.7 Å². The summed E-state index contributed by atoms with van der Waals surface area (Å²) in [6.45, 7) is 6.04. The maximum atomic E-state index is 12.8. The number of carbonyl (C=O) groups excluding carboxylic acids is 1. The van der Waals surface area contributed by atoms with Crippen LogP contribution in [0.25, 0.3) is 5.69 Å². The summed E-state index contributed by atoms with van der Waals surface area (Å²) in [6.07, 6.45) is 0.888. The first kappa shape index (κ1) is 25.1. The standard InChI is InChI=1S/C26H32N4O4S/c1-20-25(21(2)30(27-20)23-7-5-4-6-8-23)19-28(3)26(31)14-11-22-9-12-24(13-10-22)35(32,33)29-15-17-34-18-16-29/h4-10,12-13H,11,14-19H2,1-3H3. The van der Waals surface area contributed by atoms with Gasteiger partial charge in [0.1, 0.15) is 0 Å². The van der Waals surface area contributed by atoms with Crippen molar-refractivity contribution in [2.45, 2.75) is 38.1 Å². The second-order valence-corrected chi connectivity index (χ2v) is 10.7. The third-order valence-corrected chi connectivity index (χ3v) is 8.33. The Morgan fingerprint density at radius 1 is 1.03 bits per heavy atom. The minimum Gasteiger partial charge on any atom is -0.379 e. The molecule has 1 saturated heterocycles. The molecular weight excluding hydrogens is 464 g/mol. The first-order chi connectivity index (χ1) is 16.8. The van der Waals surface area contributed by atoms with Crippen molar-refractivity contribution in [3.05, 3.63) is 77.1 Å². The predicted octanol–water partition coefficient (Wildman–Crippen LogP) is 3.10. The Labute approximate surface area is 207 Å². The molecule has 0 radical (unpaired) electrons. The van der Waals surface area contributed by atoms with Crippen LogP contribution in [-0.2, 0) is 32.5 Å². The quantitative estimate of drug-likeness (QED) is 0.479. The number of para-hydroxylation sites is 1. The lowest BCUT2D eigenvalue weighted by Crippen LogP contribution is -2.40. The van der Waals surface area contributed by atoms with Crippen LogP contribution in [0.2, 0.25) is 0 Å². The van der Waals surface area contributed by atoms with Gasteiger partial charge in [0.15, 0.2) is 0 Å². The van der Waals surface area contributed by atoms with Gasteiger partial charge in [0.2, 0.25) is 15.9 Å². The van der Waals surface area contributed by atoms with E-state index in [2.05, 4.69) is 5.10 Å². The van der Waals surface area contributed by atoms with Gasteiger partial charge in [-0.2, -0.15) is 9.40 Å². The molecule has 0 N–H and O–H groups in total. The Morgan fingerprint density at radius 2 is 1.69 bits per heavy atom. The third kappa shape index (κ3) is 5.63. The van der Waals surface area contributed by atoms with Gasteiger partial charge in [-0.15, -0.1) is 0 Å². The van der Waals surface area contributed by atoms with Gasteiger partial charge in [-0.25, -0.2) is 13.1 Å². The molecule has 1 amide bonds. The lowest BCUT2D eigenvalue weighted by Gasteiger charge is -2.26. The van der Waals surface area contributed by atoms with E-state index in [0.717, 1.165) is 28.2 Å². The zero-order valence-corrected chi connectivity index (χ0v) is 21.3. The summed E-state index contributed by atoms with van der Waals surface area (Å²) in [5.41, 5.74) is 4.89. The normalized spacial score (nSPS) is 14.7. The van der Waals surface area contributed by atoms with Crippen molar-refractivity contribution in [1.29, 1.82) is 0 Å². The van der Waals surface area contributed by atoms with Crippen LogP contribution in [0.1, 0.15) is 28.9 Å². The number of hydrogen-bond donors (Lipinski definition) is 0. The Balaban J connectivity index is 1.35. The number of aryl methyl sites for hydroxylation is 2. The molecule has 8 nitrogen and oxygen atoms in total. The van der Waals surface area contributed by atoms with E-state index in [-0.39, 0.29) is 10.8 Å². The zero-order chi connectivity index (χ0) is 25.0. The number of sulfonamides is 1. The lowest BCUT2D eigenvalue weighted by molar-refractivity contribution is -0.130. The van der Waals surface area contributed by atoms with Crippen molar-refractivity contribution in [3.63, 3.8) is 0 Å². The number of nitrogens with zero attached hydrogens (tertiary/aromatic N) is 4. The van der Waals surface area contributed by atoms with Crippen molar-refractivity contribution >= 4 is 15.9 Å². The van der Waals surface area contributed by atoms with Gasteiger partial charge in [0.05, 0.1) is 29.5 Å². The molecule has 0 saturated carbocycles. The van der Waals surface area contributed by atoms with Gasteiger partial charge in [0.25, 0.3) is 0 Å². The molecule has 0 bridgehead atoms. The van der Waals surface area contributed by atoms with E-state index in [9.17, 15) is 13.2 Å². The Morgan fingerprint density at radius 3 is 2.34 bits per heavy atom. The van der Waals surface area contributed by atoms with Gasteiger partial charge in [-0.1, -0.05) is 30.3 Å². The number of amides is 1. The van der Waals surface area contributed by atoms with Crippen molar-refractivity contribution in [2.75, 3.05) is 33.4 Å². The number of carbonyl (C=O) groups is 1. The fourth-order valence-electron chi connectivity index (χ4n) is 4.26. The van der Waals surface area contributed by atoms with Gasteiger partial charge in [-0.3, -0.25) is 4.79 Å². The van der Waals surface area contributed by atoms with E-state index in [4.69, 9.17) is 4.74 Å². The summed E-state index contributed by atoms with van der Waals surface area (Å²) in [5, 5.41) is 4.67. The molecule has 1 aliphatic heterocycles. The molecule has 9 heteroatoms. The molecule has 1 aliphatic rings. The van der Waals surface area contributed by atoms with Crippen molar-refractivity contribution in [3.8, 4) is 5.69 Å². The largest absolute Gasteiger partial charge is 0.379 e. The van der Waals surface area contributed by atoms with E-state index in [1.165, 1.54) is 4.31 Å². The smallest absolute Gasteiger partial charge is 0.243 e. The second kappa shape index (κ2) is 10.7. The Kier molecular flexibility index (Phi) is 7.69. The van der Waals surface area contributed by atoms with Crippen LogP contribution in [0.4, 0.5) is 0 Å². The Bertz CT molecular complexity index is 1260. The van der Waals surface area contributed by atoms with Crippen LogP contribution in [0, 0.1) is 13.8 Å². The van der Waals surface area contributed by atoms with Crippen LogP contribution in [0.15, 0.2) is 59.5 Å². The highest BCUT2D eigenvalue weighted by atomic mass is 32.2. The topological polar surface area (TPSA) is 84.7 Å². The Hall–Kier alpha value is -3.01. The average molecular weight is 497 g/mol. The van der Waals surface area contributed by atoms with Crippen molar-refractivity contribution < 1.29 is 17.9 Å². The second-order valence-electron chi connectivity index (χ2n) is 8.81. The van der Waals surface area contributed by atoms with Gasteiger partial charge in [-0.05, 0) is 50.1 Å². The number of aromatic nitrogens is 2. The number of ether oxygens (including phenoxy) is 1. The lowest BCUT2D eigenvalue weighted by atomic mass is 10.1. The summed E-state index contributed by atoms with van der Waals surface area (Å²) < 4.78 is 34.2. The number of hydrogen-bond acceptors (Lipinski definition) is 5. The van der Waals surface area contributed by atoms with Crippen LogP contribution < -0.4 is 0 Å². The zero-order valence-electron chi connectivity index (χ0n) is 20.5. The summed E-state index contributed by atoms with van der Waals surface area (Å²) in [4.78, 5) is 14.8. The van der Waals surface area contributed by atoms with E-state index >= 15 is 0 Å². The fourth-order valence-corrected chi connectivity index (χ4v) is 5.66. The van der Waals surface area contributed by atoms with E-state index < -0.39 is 10.0 Å². The molecule has 2 heterocycles. The molecule has 35 heavy (non-hydrogen) atoms. The molecule has 4 rings (SSSR count). The van der Waals surface area contributed by atoms with Crippen LogP contribution in [0.5, 0.6) is 0 Å². The number of benzene rings is 2. The molecule has 1 fully saturated rings. The van der Waals surface area contributed by atoms with Gasteiger partial charge in [0, 0.05) is 44.4 Å². The van der Waals surface area contributed by atoms with Crippen molar-refractivity contribution in [2.24, 2.45) is 0 Å². The summed E-state index contributed by atoms with van der Waals surface area (Å²) in [7, 11) is -1.71.